The zero-order valence-corrected chi connectivity index (χ0v) is 11.3. The number of rotatable bonds is 4. The van der Waals surface area contributed by atoms with Gasteiger partial charge in [-0.05, 0) is 31.4 Å². The number of amides is 1. The maximum atomic E-state index is 11.9. The number of hydrogen-bond donors (Lipinski definition) is 1. The molecule has 1 aromatic carbocycles. The predicted molar refractivity (Wildman–Crippen MR) is 74.8 cm³/mol. The molecule has 4 nitrogen and oxygen atoms in total. The van der Waals surface area contributed by atoms with Crippen LogP contribution in [-0.2, 0) is 4.79 Å². The molecule has 1 saturated heterocycles. The first-order valence-electron chi connectivity index (χ1n) is 6.73. The van der Waals surface area contributed by atoms with Gasteiger partial charge in [0.2, 0.25) is 5.91 Å². The second-order valence-electron chi connectivity index (χ2n) is 4.87. The molecule has 1 aliphatic rings. The average molecular weight is 257 g/mol. The lowest BCUT2D eigenvalue weighted by molar-refractivity contribution is -0.129. The van der Waals surface area contributed by atoms with Crippen molar-refractivity contribution in [2.75, 3.05) is 25.0 Å². The van der Waals surface area contributed by atoms with E-state index in [1.807, 2.05) is 24.0 Å². The Bertz CT molecular complexity index is 499. The van der Waals surface area contributed by atoms with Gasteiger partial charge in [-0.15, -0.1) is 0 Å². The van der Waals surface area contributed by atoms with Gasteiger partial charge in [0.15, 0.2) is 0 Å². The Hall–Kier alpha value is -2.02. The third-order valence-electron chi connectivity index (χ3n) is 3.49. The molecule has 100 valence electrons. The van der Waals surface area contributed by atoms with Crippen molar-refractivity contribution in [3.8, 4) is 6.07 Å². The number of carbonyl (C=O) groups is 1. The molecule has 1 amide bonds. The summed E-state index contributed by atoms with van der Waals surface area (Å²) in [6, 6.07) is 7.79. The van der Waals surface area contributed by atoms with Crippen molar-refractivity contribution in [1.29, 1.82) is 5.26 Å². The second kappa shape index (κ2) is 6.24. The number of likely N-dealkylation sites (tertiary alicyclic amines) is 1. The van der Waals surface area contributed by atoms with Gasteiger partial charge in [0, 0.05) is 26.1 Å². The minimum absolute atomic E-state index is 0.206. The van der Waals surface area contributed by atoms with E-state index in [-0.39, 0.29) is 5.91 Å². The van der Waals surface area contributed by atoms with Crippen LogP contribution in [0, 0.1) is 18.3 Å². The van der Waals surface area contributed by atoms with Gasteiger partial charge in [0.25, 0.3) is 0 Å². The number of nitriles is 1. The van der Waals surface area contributed by atoms with Gasteiger partial charge in [0.05, 0.1) is 11.3 Å². The molecule has 1 heterocycles. The largest absolute Gasteiger partial charge is 0.383 e. The summed E-state index contributed by atoms with van der Waals surface area (Å²) in [6.45, 7) is 4.33. The summed E-state index contributed by atoms with van der Waals surface area (Å²) < 4.78 is 0. The number of nitrogens with one attached hydrogen (secondary N) is 1. The van der Waals surface area contributed by atoms with E-state index in [0.29, 0.717) is 18.5 Å². The van der Waals surface area contributed by atoms with Crippen LogP contribution in [0.4, 0.5) is 5.69 Å². The third-order valence-corrected chi connectivity index (χ3v) is 3.49. The summed E-state index contributed by atoms with van der Waals surface area (Å²) >= 11 is 0. The SMILES string of the molecule is Cc1cccc(C#N)c1NCCC(=O)N1CCCC1. The van der Waals surface area contributed by atoms with E-state index < -0.39 is 0 Å². The molecule has 0 saturated carbocycles. The summed E-state index contributed by atoms with van der Waals surface area (Å²) in [5.41, 5.74) is 2.51. The summed E-state index contributed by atoms with van der Waals surface area (Å²) in [5.74, 6) is 0.206. The van der Waals surface area contributed by atoms with Gasteiger partial charge < -0.3 is 10.2 Å². The first kappa shape index (κ1) is 13.4. The molecule has 1 aliphatic heterocycles. The molecule has 19 heavy (non-hydrogen) atoms. The predicted octanol–water partition coefficient (Wildman–Crippen LogP) is 2.29. The van der Waals surface area contributed by atoms with E-state index in [2.05, 4.69) is 11.4 Å². The van der Waals surface area contributed by atoms with Gasteiger partial charge in [-0.25, -0.2) is 0 Å². The molecule has 1 N–H and O–H groups in total. The van der Waals surface area contributed by atoms with Crippen LogP contribution in [0.3, 0.4) is 0 Å². The number of anilines is 1. The monoisotopic (exact) mass is 257 g/mol. The van der Waals surface area contributed by atoms with Crippen molar-refractivity contribution in [3.63, 3.8) is 0 Å². The van der Waals surface area contributed by atoms with Gasteiger partial charge in [0.1, 0.15) is 6.07 Å². The minimum atomic E-state index is 0.206. The lowest BCUT2D eigenvalue weighted by atomic mass is 10.1. The maximum Gasteiger partial charge on any atom is 0.224 e. The Kier molecular flexibility index (Phi) is 4.40. The number of benzene rings is 1. The molecule has 0 unspecified atom stereocenters. The van der Waals surface area contributed by atoms with E-state index >= 15 is 0 Å². The first-order valence-corrected chi connectivity index (χ1v) is 6.73. The zero-order valence-electron chi connectivity index (χ0n) is 11.3. The number of para-hydroxylation sites is 1. The Labute approximate surface area is 114 Å². The minimum Gasteiger partial charge on any atom is -0.383 e. The number of carbonyl (C=O) groups excluding carboxylic acids is 1. The van der Waals surface area contributed by atoms with Crippen molar-refractivity contribution < 1.29 is 4.79 Å². The van der Waals surface area contributed by atoms with Gasteiger partial charge in [-0.3, -0.25) is 4.79 Å². The summed E-state index contributed by atoms with van der Waals surface area (Å²) in [7, 11) is 0. The molecular weight excluding hydrogens is 238 g/mol. The zero-order chi connectivity index (χ0) is 13.7. The summed E-state index contributed by atoms with van der Waals surface area (Å²) in [5, 5.41) is 12.3. The second-order valence-corrected chi connectivity index (χ2v) is 4.87. The summed E-state index contributed by atoms with van der Waals surface area (Å²) in [4.78, 5) is 13.8. The Morgan fingerprint density at radius 3 is 2.84 bits per heavy atom. The fourth-order valence-corrected chi connectivity index (χ4v) is 2.41. The molecular formula is C15H19N3O. The van der Waals surface area contributed by atoms with Crippen molar-refractivity contribution in [3.05, 3.63) is 29.3 Å². The van der Waals surface area contributed by atoms with Crippen LogP contribution >= 0.6 is 0 Å². The smallest absolute Gasteiger partial charge is 0.224 e. The number of aryl methyl sites for hydroxylation is 1. The summed E-state index contributed by atoms with van der Waals surface area (Å²) in [6.07, 6.45) is 2.73. The van der Waals surface area contributed by atoms with Crippen LogP contribution in [-0.4, -0.2) is 30.4 Å². The average Bonchev–Trinajstić information content (AvgIpc) is 2.94. The molecule has 1 aromatic rings. The molecule has 0 spiro atoms. The molecule has 0 aromatic heterocycles. The fraction of sp³-hybridized carbons (Fsp3) is 0.467. The van der Waals surface area contributed by atoms with Gasteiger partial charge in [-0.2, -0.15) is 5.26 Å². The third kappa shape index (κ3) is 3.25. The van der Waals surface area contributed by atoms with E-state index in [9.17, 15) is 4.79 Å². The standard InChI is InChI=1S/C15H19N3O/c1-12-5-4-6-13(11-16)15(12)17-8-7-14(19)18-9-2-3-10-18/h4-6,17H,2-3,7-10H2,1H3. The van der Waals surface area contributed by atoms with Crippen LogP contribution in [0.25, 0.3) is 0 Å². The Balaban J connectivity index is 1.89. The van der Waals surface area contributed by atoms with E-state index in [1.54, 1.807) is 6.07 Å². The molecule has 0 aliphatic carbocycles. The molecule has 0 bridgehead atoms. The molecule has 0 radical (unpaired) electrons. The topological polar surface area (TPSA) is 56.1 Å². The van der Waals surface area contributed by atoms with Crippen molar-refractivity contribution >= 4 is 11.6 Å². The van der Waals surface area contributed by atoms with Crippen LogP contribution in [0.5, 0.6) is 0 Å². The van der Waals surface area contributed by atoms with Crippen molar-refractivity contribution in [2.45, 2.75) is 26.2 Å². The van der Waals surface area contributed by atoms with Crippen LogP contribution in [0.1, 0.15) is 30.4 Å². The van der Waals surface area contributed by atoms with Gasteiger partial charge >= 0.3 is 0 Å². The Morgan fingerprint density at radius 1 is 1.42 bits per heavy atom. The van der Waals surface area contributed by atoms with E-state index in [0.717, 1.165) is 37.2 Å². The fourth-order valence-electron chi connectivity index (χ4n) is 2.41. The van der Waals surface area contributed by atoms with Crippen LogP contribution in [0.15, 0.2) is 18.2 Å². The molecule has 1 fully saturated rings. The molecule has 4 heteroatoms. The lowest BCUT2D eigenvalue weighted by Crippen LogP contribution is -2.29. The van der Waals surface area contributed by atoms with Gasteiger partial charge in [-0.1, -0.05) is 12.1 Å². The Morgan fingerprint density at radius 2 is 2.16 bits per heavy atom. The highest BCUT2D eigenvalue weighted by Gasteiger charge is 2.17. The van der Waals surface area contributed by atoms with E-state index in [4.69, 9.17) is 5.26 Å². The normalized spacial score (nSPS) is 14.2. The molecule has 2 rings (SSSR count). The highest BCUT2D eigenvalue weighted by Crippen LogP contribution is 2.19. The highest BCUT2D eigenvalue weighted by molar-refractivity contribution is 5.77. The quantitative estimate of drug-likeness (QED) is 0.900. The number of nitrogens with zero attached hydrogens (tertiary/aromatic N) is 2. The lowest BCUT2D eigenvalue weighted by Gasteiger charge is -2.16. The first-order chi connectivity index (χ1) is 9.22. The van der Waals surface area contributed by atoms with Crippen molar-refractivity contribution in [2.24, 2.45) is 0 Å². The molecule has 0 atom stereocenters. The van der Waals surface area contributed by atoms with E-state index in [1.165, 1.54) is 0 Å². The van der Waals surface area contributed by atoms with Crippen LogP contribution in [0.2, 0.25) is 0 Å². The number of hydrogen-bond acceptors (Lipinski definition) is 3. The van der Waals surface area contributed by atoms with Crippen LogP contribution < -0.4 is 5.32 Å². The maximum absolute atomic E-state index is 11.9. The highest BCUT2D eigenvalue weighted by atomic mass is 16.2. The van der Waals surface area contributed by atoms with Crippen molar-refractivity contribution in [1.82, 2.24) is 4.90 Å².